The van der Waals surface area contributed by atoms with Gasteiger partial charge in [-0.15, -0.1) is 11.3 Å². The summed E-state index contributed by atoms with van der Waals surface area (Å²) in [5.41, 5.74) is 0. The second kappa shape index (κ2) is 7.30. The minimum atomic E-state index is 0.200. The Hall–Kier alpha value is -0.0600. The Morgan fingerprint density at radius 1 is 1.50 bits per heavy atom. The zero-order valence-corrected chi connectivity index (χ0v) is 12.4. The highest BCUT2D eigenvalue weighted by molar-refractivity contribution is 9.09. The predicted octanol–water partition coefficient (Wildman–Crippen LogP) is 3.93. The number of hydrogen-bond acceptors (Lipinski definition) is 2. The molecule has 1 amide bonds. The van der Waals surface area contributed by atoms with Crippen molar-refractivity contribution in [1.82, 2.24) is 4.90 Å². The smallest absolute Gasteiger partial charge is 0.222 e. The molecule has 0 unspecified atom stereocenters. The molecule has 1 aromatic rings. The SMILES string of the molecule is CN(Cc1ccc(Cl)s1)C(=O)CCCCBr. The van der Waals surface area contributed by atoms with E-state index in [1.54, 1.807) is 4.90 Å². The van der Waals surface area contributed by atoms with E-state index < -0.39 is 0 Å². The van der Waals surface area contributed by atoms with Crippen molar-refractivity contribution in [3.8, 4) is 0 Å². The van der Waals surface area contributed by atoms with Gasteiger partial charge in [0.1, 0.15) is 0 Å². The largest absolute Gasteiger partial charge is 0.341 e. The summed E-state index contributed by atoms with van der Waals surface area (Å²) in [5, 5.41) is 0.963. The second-order valence-electron chi connectivity index (χ2n) is 3.60. The molecule has 0 saturated heterocycles. The summed E-state index contributed by atoms with van der Waals surface area (Å²) in [4.78, 5) is 14.6. The van der Waals surface area contributed by atoms with Crippen LogP contribution in [-0.4, -0.2) is 23.2 Å². The molecule has 90 valence electrons. The standard InChI is InChI=1S/C11H15BrClNOS/c1-14(11(15)4-2-3-7-12)8-9-5-6-10(13)16-9/h5-6H,2-4,7-8H2,1H3. The normalized spacial score (nSPS) is 10.4. The number of amides is 1. The van der Waals surface area contributed by atoms with Crippen molar-refractivity contribution in [2.24, 2.45) is 0 Å². The maximum Gasteiger partial charge on any atom is 0.222 e. The second-order valence-corrected chi connectivity index (χ2v) is 6.19. The number of unbranched alkanes of at least 4 members (excludes halogenated alkanes) is 1. The molecule has 0 atom stereocenters. The quantitative estimate of drug-likeness (QED) is 0.573. The van der Waals surface area contributed by atoms with Crippen molar-refractivity contribution in [2.75, 3.05) is 12.4 Å². The maximum atomic E-state index is 11.7. The molecule has 0 radical (unpaired) electrons. The summed E-state index contributed by atoms with van der Waals surface area (Å²) < 4.78 is 0.773. The molecule has 0 bridgehead atoms. The first-order chi connectivity index (χ1) is 7.63. The Kier molecular flexibility index (Phi) is 6.39. The molecule has 0 spiro atoms. The van der Waals surface area contributed by atoms with Crippen molar-refractivity contribution in [2.45, 2.75) is 25.8 Å². The van der Waals surface area contributed by atoms with Gasteiger partial charge >= 0.3 is 0 Å². The van der Waals surface area contributed by atoms with E-state index in [0.29, 0.717) is 13.0 Å². The van der Waals surface area contributed by atoms with Gasteiger partial charge in [-0.05, 0) is 25.0 Å². The summed E-state index contributed by atoms with van der Waals surface area (Å²) in [6.45, 7) is 0.657. The molecule has 2 nitrogen and oxygen atoms in total. The molecule has 0 N–H and O–H groups in total. The molecular weight excluding hydrogens is 310 g/mol. The molecule has 0 fully saturated rings. The number of carbonyl (C=O) groups is 1. The van der Waals surface area contributed by atoms with E-state index in [-0.39, 0.29) is 5.91 Å². The van der Waals surface area contributed by atoms with Crippen LogP contribution in [0.25, 0.3) is 0 Å². The maximum absolute atomic E-state index is 11.7. The van der Waals surface area contributed by atoms with Gasteiger partial charge < -0.3 is 4.90 Å². The highest BCUT2D eigenvalue weighted by Crippen LogP contribution is 2.22. The van der Waals surface area contributed by atoms with Crippen molar-refractivity contribution < 1.29 is 4.79 Å². The third-order valence-electron chi connectivity index (χ3n) is 2.22. The minimum absolute atomic E-state index is 0.200. The van der Waals surface area contributed by atoms with Gasteiger partial charge in [-0.3, -0.25) is 4.79 Å². The van der Waals surface area contributed by atoms with Gasteiger partial charge in [0.15, 0.2) is 0 Å². The van der Waals surface area contributed by atoms with Crippen molar-refractivity contribution >= 4 is 44.8 Å². The zero-order chi connectivity index (χ0) is 12.0. The lowest BCUT2D eigenvalue weighted by Crippen LogP contribution is -2.25. The third-order valence-corrected chi connectivity index (χ3v) is 4.00. The number of rotatable bonds is 6. The Labute approximate surface area is 114 Å². The van der Waals surface area contributed by atoms with E-state index in [2.05, 4.69) is 15.9 Å². The number of alkyl halides is 1. The van der Waals surface area contributed by atoms with Crippen LogP contribution in [0.2, 0.25) is 4.34 Å². The van der Waals surface area contributed by atoms with Crippen LogP contribution in [0.15, 0.2) is 12.1 Å². The van der Waals surface area contributed by atoms with E-state index in [1.165, 1.54) is 11.3 Å². The van der Waals surface area contributed by atoms with Gasteiger partial charge in [0.25, 0.3) is 0 Å². The summed E-state index contributed by atoms with van der Waals surface area (Å²) in [6.07, 6.45) is 2.62. The minimum Gasteiger partial charge on any atom is -0.341 e. The molecule has 0 aromatic carbocycles. The summed E-state index contributed by atoms with van der Waals surface area (Å²) in [5.74, 6) is 0.200. The first kappa shape index (κ1) is 14.0. The number of hydrogen-bond donors (Lipinski definition) is 0. The van der Waals surface area contributed by atoms with Crippen LogP contribution in [0.5, 0.6) is 0 Å². The first-order valence-corrected chi connectivity index (χ1v) is 7.49. The Morgan fingerprint density at radius 3 is 2.81 bits per heavy atom. The van der Waals surface area contributed by atoms with Gasteiger partial charge in [-0.1, -0.05) is 27.5 Å². The first-order valence-electron chi connectivity index (χ1n) is 5.17. The average Bonchev–Trinajstić information content (AvgIpc) is 2.64. The van der Waals surface area contributed by atoms with E-state index in [4.69, 9.17) is 11.6 Å². The van der Waals surface area contributed by atoms with E-state index >= 15 is 0 Å². The molecule has 0 aliphatic rings. The van der Waals surface area contributed by atoms with Gasteiger partial charge in [0.2, 0.25) is 5.91 Å². The highest BCUT2D eigenvalue weighted by atomic mass is 79.9. The van der Waals surface area contributed by atoms with Crippen LogP contribution < -0.4 is 0 Å². The Morgan fingerprint density at radius 2 is 2.25 bits per heavy atom. The van der Waals surface area contributed by atoms with Gasteiger partial charge in [0.05, 0.1) is 10.9 Å². The fourth-order valence-corrected chi connectivity index (χ4v) is 2.86. The van der Waals surface area contributed by atoms with Crippen LogP contribution in [0.1, 0.15) is 24.1 Å². The van der Waals surface area contributed by atoms with Crippen LogP contribution in [-0.2, 0) is 11.3 Å². The van der Waals surface area contributed by atoms with E-state index in [9.17, 15) is 4.79 Å². The molecular formula is C11H15BrClNOS. The average molecular weight is 325 g/mol. The molecule has 0 saturated carbocycles. The Bertz CT molecular complexity index is 342. The molecule has 0 aliphatic carbocycles. The summed E-state index contributed by atoms with van der Waals surface area (Å²) in [6, 6.07) is 3.83. The van der Waals surface area contributed by atoms with Gasteiger partial charge in [-0.2, -0.15) is 0 Å². The zero-order valence-electron chi connectivity index (χ0n) is 9.21. The lowest BCUT2D eigenvalue weighted by atomic mass is 10.2. The van der Waals surface area contributed by atoms with Crippen LogP contribution in [0.4, 0.5) is 0 Å². The number of thiophene rings is 1. The molecule has 1 aromatic heterocycles. The summed E-state index contributed by atoms with van der Waals surface area (Å²) in [7, 11) is 1.84. The van der Waals surface area contributed by atoms with Gasteiger partial charge in [-0.25, -0.2) is 0 Å². The van der Waals surface area contributed by atoms with Crippen LogP contribution >= 0.6 is 38.9 Å². The lowest BCUT2D eigenvalue weighted by Gasteiger charge is -2.15. The van der Waals surface area contributed by atoms with Crippen LogP contribution in [0, 0.1) is 0 Å². The third kappa shape index (κ3) is 4.85. The van der Waals surface area contributed by atoms with Gasteiger partial charge in [0, 0.05) is 23.7 Å². The van der Waals surface area contributed by atoms with Crippen molar-refractivity contribution in [3.05, 3.63) is 21.3 Å². The van der Waals surface area contributed by atoms with Crippen LogP contribution in [0.3, 0.4) is 0 Å². The predicted molar refractivity (Wildman–Crippen MR) is 73.4 cm³/mol. The highest BCUT2D eigenvalue weighted by Gasteiger charge is 2.09. The number of halogens is 2. The van der Waals surface area contributed by atoms with E-state index in [0.717, 1.165) is 27.4 Å². The number of nitrogens with zero attached hydrogens (tertiary/aromatic N) is 1. The topological polar surface area (TPSA) is 20.3 Å². The summed E-state index contributed by atoms with van der Waals surface area (Å²) >= 11 is 10.7. The molecule has 16 heavy (non-hydrogen) atoms. The fourth-order valence-electron chi connectivity index (χ4n) is 1.32. The van der Waals surface area contributed by atoms with E-state index in [1.807, 2.05) is 19.2 Å². The van der Waals surface area contributed by atoms with Crippen molar-refractivity contribution in [3.63, 3.8) is 0 Å². The Balaban J connectivity index is 2.34. The molecule has 5 heteroatoms. The fraction of sp³-hybridized carbons (Fsp3) is 0.545. The monoisotopic (exact) mass is 323 g/mol. The van der Waals surface area contributed by atoms with Crippen molar-refractivity contribution in [1.29, 1.82) is 0 Å². The molecule has 1 rings (SSSR count). The molecule has 0 aliphatic heterocycles. The number of carbonyl (C=O) groups excluding carboxylic acids is 1. The lowest BCUT2D eigenvalue weighted by molar-refractivity contribution is -0.130. The molecule has 1 heterocycles.